The minimum Gasteiger partial charge on any atom is -0.455 e. The lowest BCUT2D eigenvalue weighted by molar-refractivity contribution is -0.144. The van der Waals surface area contributed by atoms with Gasteiger partial charge in [-0.25, -0.2) is 0 Å². The van der Waals surface area contributed by atoms with Crippen molar-refractivity contribution < 1.29 is 14.1 Å². The molecule has 1 aromatic heterocycles. The number of aryl methyl sites for hydroxylation is 1. The van der Waals surface area contributed by atoms with E-state index in [1.165, 1.54) is 0 Å². The number of aromatic nitrogens is 2. The van der Waals surface area contributed by atoms with E-state index in [0.717, 1.165) is 11.1 Å². The Hall–Kier alpha value is -2.37. The van der Waals surface area contributed by atoms with Crippen LogP contribution < -0.4 is 0 Å². The second-order valence-corrected chi connectivity index (χ2v) is 6.28. The van der Waals surface area contributed by atoms with Gasteiger partial charge in [-0.3, -0.25) is 4.79 Å². The van der Waals surface area contributed by atoms with Crippen molar-refractivity contribution in [3.8, 4) is 11.4 Å². The maximum atomic E-state index is 11.9. The Morgan fingerprint density at radius 3 is 2.60 bits per heavy atom. The first-order valence-corrected chi connectivity index (χ1v) is 8.26. The van der Waals surface area contributed by atoms with Crippen LogP contribution in [0, 0.1) is 6.92 Å². The molecule has 1 heterocycles. The number of nitrogens with zero attached hydrogens (tertiary/aromatic N) is 2. The lowest BCUT2D eigenvalue weighted by Crippen LogP contribution is -2.08. The van der Waals surface area contributed by atoms with Crippen LogP contribution in [0.15, 0.2) is 47.0 Å². The molecule has 0 aliphatic carbocycles. The third kappa shape index (κ3) is 4.59. The zero-order valence-electron chi connectivity index (χ0n) is 13.3. The van der Waals surface area contributed by atoms with E-state index in [9.17, 15) is 4.79 Å². The predicted molar refractivity (Wildman–Crippen MR) is 94.4 cm³/mol. The number of benzene rings is 2. The first-order chi connectivity index (χ1) is 12.0. The fourth-order valence-electron chi connectivity index (χ4n) is 2.14. The maximum Gasteiger partial charge on any atom is 0.310 e. The molecule has 3 rings (SSSR count). The predicted octanol–water partition coefficient (Wildman–Crippen LogP) is 4.64. The van der Waals surface area contributed by atoms with E-state index in [0.29, 0.717) is 21.4 Å². The molecule has 0 aliphatic rings. The number of hydrogen-bond acceptors (Lipinski definition) is 5. The average Bonchev–Trinajstić information content (AvgIpc) is 3.06. The van der Waals surface area contributed by atoms with Crippen molar-refractivity contribution in [2.45, 2.75) is 20.0 Å². The molecule has 0 saturated heterocycles. The fraction of sp³-hybridized carbons (Fsp3) is 0.167. The van der Waals surface area contributed by atoms with Crippen LogP contribution in [0.1, 0.15) is 17.0 Å². The summed E-state index contributed by atoms with van der Waals surface area (Å²) >= 11 is 11.8. The van der Waals surface area contributed by atoms with Crippen LogP contribution in [0.25, 0.3) is 11.4 Å². The Labute approximate surface area is 154 Å². The van der Waals surface area contributed by atoms with E-state index in [-0.39, 0.29) is 18.9 Å². The number of rotatable bonds is 5. The standard InChI is InChI=1S/C18H14Cl2N2O3/c1-11-2-5-13(6-3-11)18-21-16(25-22-18)10-24-17(23)9-12-4-7-14(19)15(20)8-12/h2-8H,9-10H2,1H3. The highest BCUT2D eigenvalue weighted by atomic mass is 35.5. The van der Waals surface area contributed by atoms with Crippen molar-refractivity contribution in [3.05, 3.63) is 69.5 Å². The molecule has 5 nitrogen and oxygen atoms in total. The summed E-state index contributed by atoms with van der Waals surface area (Å²) in [5.41, 5.74) is 2.69. The number of ether oxygens (including phenoxy) is 1. The molecule has 0 fully saturated rings. The Morgan fingerprint density at radius 1 is 1.12 bits per heavy atom. The van der Waals surface area contributed by atoms with Gasteiger partial charge in [0.15, 0.2) is 6.61 Å². The molecule has 0 unspecified atom stereocenters. The molecule has 0 radical (unpaired) electrons. The van der Waals surface area contributed by atoms with Gasteiger partial charge < -0.3 is 9.26 Å². The highest BCUT2D eigenvalue weighted by Crippen LogP contribution is 2.23. The Bertz CT molecular complexity index is 892. The molecular weight excluding hydrogens is 363 g/mol. The van der Waals surface area contributed by atoms with Crippen molar-refractivity contribution in [2.75, 3.05) is 0 Å². The molecule has 3 aromatic rings. The van der Waals surface area contributed by atoms with Gasteiger partial charge in [0.25, 0.3) is 5.89 Å². The maximum absolute atomic E-state index is 11.9. The van der Waals surface area contributed by atoms with Gasteiger partial charge in [0, 0.05) is 5.56 Å². The summed E-state index contributed by atoms with van der Waals surface area (Å²) < 4.78 is 10.3. The number of esters is 1. The summed E-state index contributed by atoms with van der Waals surface area (Å²) in [7, 11) is 0. The minimum absolute atomic E-state index is 0.0792. The van der Waals surface area contributed by atoms with Gasteiger partial charge >= 0.3 is 5.97 Å². The molecule has 0 saturated carbocycles. The normalized spacial score (nSPS) is 10.7. The second kappa shape index (κ2) is 7.68. The van der Waals surface area contributed by atoms with Gasteiger partial charge in [0.1, 0.15) is 0 Å². The summed E-state index contributed by atoms with van der Waals surface area (Å²) in [4.78, 5) is 16.1. The van der Waals surface area contributed by atoms with Gasteiger partial charge in [-0.15, -0.1) is 0 Å². The Balaban J connectivity index is 1.57. The minimum atomic E-state index is -0.423. The molecule has 25 heavy (non-hydrogen) atoms. The summed E-state index contributed by atoms with van der Waals surface area (Å²) in [6.07, 6.45) is 0.0792. The van der Waals surface area contributed by atoms with E-state index in [2.05, 4.69) is 10.1 Å². The number of halogens is 2. The molecule has 0 aliphatic heterocycles. The zero-order valence-corrected chi connectivity index (χ0v) is 14.8. The third-order valence-corrected chi connectivity index (χ3v) is 4.21. The first-order valence-electron chi connectivity index (χ1n) is 7.50. The van der Waals surface area contributed by atoms with Crippen LogP contribution in [0.4, 0.5) is 0 Å². The fourth-order valence-corrected chi connectivity index (χ4v) is 2.46. The summed E-state index contributed by atoms with van der Waals surface area (Å²) in [5, 5.41) is 4.72. The van der Waals surface area contributed by atoms with E-state index in [1.54, 1.807) is 18.2 Å². The van der Waals surface area contributed by atoms with E-state index in [4.69, 9.17) is 32.5 Å². The summed E-state index contributed by atoms with van der Waals surface area (Å²) in [5.74, 6) is 0.266. The van der Waals surface area contributed by atoms with Crippen LogP contribution in [0.2, 0.25) is 10.0 Å². The number of carbonyl (C=O) groups excluding carboxylic acids is 1. The highest BCUT2D eigenvalue weighted by Gasteiger charge is 2.12. The van der Waals surface area contributed by atoms with Crippen LogP contribution in [0.5, 0.6) is 0 Å². The number of hydrogen-bond donors (Lipinski definition) is 0. The quantitative estimate of drug-likeness (QED) is 0.606. The first kappa shape index (κ1) is 17.5. The van der Waals surface area contributed by atoms with Crippen molar-refractivity contribution in [1.29, 1.82) is 0 Å². The molecule has 0 atom stereocenters. The summed E-state index contributed by atoms with van der Waals surface area (Å²) in [6.45, 7) is 1.91. The molecule has 0 spiro atoms. The van der Waals surface area contributed by atoms with Gasteiger partial charge in [0.05, 0.1) is 16.5 Å². The summed E-state index contributed by atoms with van der Waals surface area (Å²) in [6, 6.07) is 12.7. The van der Waals surface area contributed by atoms with Crippen LogP contribution in [0.3, 0.4) is 0 Å². The SMILES string of the molecule is Cc1ccc(-c2noc(COC(=O)Cc3ccc(Cl)c(Cl)c3)n2)cc1. The molecule has 0 bridgehead atoms. The largest absolute Gasteiger partial charge is 0.455 e. The highest BCUT2D eigenvalue weighted by molar-refractivity contribution is 6.42. The molecule has 7 heteroatoms. The van der Waals surface area contributed by atoms with Gasteiger partial charge in [-0.2, -0.15) is 4.98 Å². The van der Waals surface area contributed by atoms with Crippen LogP contribution in [-0.2, 0) is 22.6 Å². The molecule has 128 valence electrons. The Kier molecular flexibility index (Phi) is 5.36. The van der Waals surface area contributed by atoms with Crippen molar-refractivity contribution >= 4 is 29.2 Å². The lowest BCUT2D eigenvalue weighted by atomic mass is 10.1. The van der Waals surface area contributed by atoms with Gasteiger partial charge in [-0.1, -0.05) is 64.3 Å². The average molecular weight is 377 g/mol. The van der Waals surface area contributed by atoms with Crippen molar-refractivity contribution in [1.82, 2.24) is 10.1 Å². The van der Waals surface area contributed by atoms with Crippen LogP contribution >= 0.6 is 23.2 Å². The third-order valence-electron chi connectivity index (χ3n) is 3.47. The van der Waals surface area contributed by atoms with Crippen molar-refractivity contribution in [2.24, 2.45) is 0 Å². The van der Waals surface area contributed by atoms with E-state index >= 15 is 0 Å². The topological polar surface area (TPSA) is 65.2 Å². The lowest BCUT2D eigenvalue weighted by Gasteiger charge is -2.03. The van der Waals surface area contributed by atoms with Gasteiger partial charge in [0.2, 0.25) is 5.82 Å². The molecule has 0 amide bonds. The van der Waals surface area contributed by atoms with E-state index in [1.807, 2.05) is 31.2 Å². The second-order valence-electron chi connectivity index (χ2n) is 5.46. The van der Waals surface area contributed by atoms with E-state index < -0.39 is 5.97 Å². The van der Waals surface area contributed by atoms with Crippen molar-refractivity contribution in [3.63, 3.8) is 0 Å². The molecule has 2 aromatic carbocycles. The monoisotopic (exact) mass is 376 g/mol. The molecular formula is C18H14Cl2N2O3. The zero-order chi connectivity index (χ0) is 17.8. The number of carbonyl (C=O) groups is 1. The molecule has 0 N–H and O–H groups in total. The smallest absolute Gasteiger partial charge is 0.310 e. The Morgan fingerprint density at radius 2 is 1.88 bits per heavy atom. The van der Waals surface area contributed by atoms with Gasteiger partial charge in [-0.05, 0) is 24.6 Å². The van der Waals surface area contributed by atoms with Crippen LogP contribution in [-0.4, -0.2) is 16.1 Å².